The maximum Gasteiger partial charge on any atom is 0.270 e. The smallest absolute Gasteiger partial charge is 0.270 e. The van der Waals surface area contributed by atoms with E-state index in [1.165, 1.54) is 6.07 Å². The molecule has 0 amide bonds. The minimum Gasteiger partial charge on any atom is -0.363 e. The van der Waals surface area contributed by atoms with Crippen molar-refractivity contribution >= 4 is 38.3 Å². The van der Waals surface area contributed by atoms with E-state index in [0.717, 1.165) is 18.1 Å². The third-order valence-corrected chi connectivity index (χ3v) is 8.46. The Kier molecular flexibility index (Phi) is 6.54. The lowest BCUT2D eigenvalue weighted by Crippen LogP contribution is -2.22. The van der Waals surface area contributed by atoms with Crippen molar-refractivity contribution in [3.8, 4) is 0 Å². The molecule has 1 aliphatic rings. The lowest BCUT2D eigenvalue weighted by Gasteiger charge is -2.24. The Morgan fingerprint density at radius 2 is 1.82 bits per heavy atom. The summed E-state index contributed by atoms with van der Waals surface area (Å²) in [5.74, 6) is -1.71. The standard InChI is InChI=1S/C24H27ClF2N4O2S/c1-13-17(6-5-7-20(13)24(4,26)27)14(2)28-22-19-12-18(16-8-10-34(32,33)11-9-16)21(25)31-23(19)30-15(3)29-22/h5-7,12,14,16H,8-11H2,1-4H3,(H,28,29,30,31)/t14-/m1/s1. The average molecular weight is 509 g/mol. The van der Waals surface area contributed by atoms with Crippen molar-refractivity contribution in [3.63, 3.8) is 0 Å². The molecule has 34 heavy (non-hydrogen) atoms. The van der Waals surface area contributed by atoms with Crippen molar-refractivity contribution in [2.24, 2.45) is 0 Å². The van der Waals surface area contributed by atoms with Crippen molar-refractivity contribution < 1.29 is 17.2 Å². The van der Waals surface area contributed by atoms with Crippen molar-refractivity contribution in [1.29, 1.82) is 0 Å². The van der Waals surface area contributed by atoms with E-state index in [4.69, 9.17) is 11.6 Å². The first-order valence-corrected chi connectivity index (χ1v) is 13.3. The van der Waals surface area contributed by atoms with Gasteiger partial charge in [-0.05, 0) is 62.3 Å². The summed E-state index contributed by atoms with van der Waals surface area (Å²) in [4.78, 5) is 13.4. The summed E-state index contributed by atoms with van der Waals surface area (Å²) in [7, 11) is -3.01. The minimum absolute atomic E-state index is 0.00892. The average Bonchev–Trinajstić information content (AvgIpc) is 2.72. The van der Waals surface area contributed by atoms with Crippen LogP contribution in [0.5, 0.6) is 0 Å². The Bertz CT molecular complexity index is 1350. The normalized spacial score (nSPS) is 17.6. The molecule has 1 aromatic carbocycles. The van der Waals surface area contributed by atoms with E-state index < -0.39 is 15.8 Å². The lowest BCUT2D eigenvalue weighted by molar-refractivity contribution is 0.0167. The van der Waals surface area contributed by atoms with Gasteiger partial charge in [0, 0.05) is 12.5 Å². The first-order chi connectivity index (χ1) is 15.9. The highest BCUT2D eigenvalue weighted by molar-refractivity contribution is 7.91. The molecule has 182 valence electrons. The van der Waals surface area contributed by atoms with Crippen LogP contribution in [0.2, 0.25) is 5.15 Å². The van der Waals surface area contributed by atoms with Gasteiger partial charge in [-0.3, -0.25) is 0 Å². The Labute approximate surface area is 203 Å². The molecule has 6 nitrogen and oxygen atoms in total. The Balaban J connectivity index is 1.73. The fraction of sp³-hybridized carbons (Fsp3) is 0.458. The zero-order valence-corrected chi connectivity index (χ0v) is 21.1. The summed E-state index contributed by atoms with van der Waals surface area (Å²) in [6.45, 7) is 6.22. The zero-order chi connectivity index (χ0) is 24.8. The minimum atomic E-state index is -3.01. The highest BCUT2D eigenvalue weighted by atomic mass is 35.5. The maximum absolute atomic E-state index is 14.1. The maximum atomic E-state index is 14.1. The second-order valence-corrected chi connectivity index (χ2v) is 11.7. The number of aryl methyl sites for hydroxylation is 1. The number of sulfone groups is 1. The molecule has 0 spiro atoms. The van der Waals surface area contributed by atoms with Gasteiger partial charge in [-0.15, -0.1) is 0 Å². The summed E-state index contributed by atoms with van der Waals surface area (Å²) >= 11 is 6.48. The van der Waals surface area contributed by atoms with Crippen LogP contribution in [0.25, 0.3) is 11.0 Å². The summed E-state index contributed by atoms with van der Waals surface area (Å²) in [5.41, 5.74) is 2.45. The van der Waals surface area contributed by atoms with Crippen LogP contribution in [0.4, 0.5) is 14.6 Å². The predicted octanol–water partition coefficient (Wildman–Crippen LogP) is 5.87. The van der Waals surface area contributed by atoms with Gasteiger partial charge in [0.1, 0.15) is 26.6 Å². The van der Waals surface area contributed by atoms with E-state index in [2.05, 4.69) is 20.3 Å². The number of pyridine rings is 1. The SMILES string of the molecule is Cc1nc(N[C@H](C)c2cccc(C(C)(F)F)c2C)c2cc(C3CCS(=O)(=O)CC3)c(Cl)nc2n1. The topological polar surface area (TPSA) is 84.8 Å². The summed E-state index contributed by atoms with van der Waals surface area (Å²) in [6.07, 6.45) is 0.969. The molecule has 2 aromatic heterocycles. The summed E-state index contributed by atoms with van der Waals surface area (Å²) in [5, 5.41) is 4.31. The van der Waals surface area contributed by atoms with Crippen LogP contribution in [0.1, 0.15) is 66.7 Å². The first kappa shape index (κ1) is 24.7. The molecule has 1 aliphatic heterocycles. The number of alkyl halides is 2. The van der Waals surface area contributed by atoms with Crippen molar-refractivity contribution in [1.82, 2.24) is 15.0 Å². The lowest BCUT2D eigenvalue weighted by atomic mass is 9.93. The van der Waals surface area contributed by atoms with Gasteiger partial charge in [0.2, 0.25) is 0 Å². The molecule has 1 saturated heterocycles. The molecular weight excluding hydrogens is 482 g/mol. The highest BCUT2D eigenvalue weighted by Gasteiger charge is 2.29. The molecule has 1 atom stereocenters. The number of hydrogen-bond donors (Lipinski definition) is 1. The van der Waals surface area contributed by atoms with E-state index in [1.54, 1.807) is 19.9 Å². The number of rotatable bonds is 5. The predicted molar refractivity (Wildman–Crippen MR) is 130 cm³/mol. The van der Waals surface area contributed by atoms with Crippen molar-refractivity contribution in [3.05, 3.63) is 57.5 Å². The Morgan fingerprint density at radius 1 is 1.15 bits per heavy atom. The van der Waals surface area contributed by atoms with Crippen LogP contribution in [0, 0.1) is 13.8 Å². The number of nitrogens with zero attached hydrogens (tertiary/aromatic N) is 3. The molecule has 0 radical (unpaired) electrons. The van der Waals surface area contributed by atoms with Gasteiger partial charge in [-0.25, -0.2) is 32.2 Å². The molecule has 10 heteroatoms. The Morgan fingerprint density at radius 3 is 2.47 bits per heavy atom. The number of aromatic nitrogens is 3. The molecule has 1 N–H and O–H groups in total. The van der Waals surface area contributed by atoms with E-state index in [-0.39, 0.29) is 29.0 Å². The third kappa shape index (κ3) is 5.00. The second kappa shape index (κ2) is 9.00. The number of benzene rings is 1. The van der Waals surface area contributed by atoms with Crippen molar-refractivity contribution in [2.75, 3.05) is 16.8 Å². The van der Waals surface area contributed by atoms with E-state index >= 15 is 0 Å². The molecule has 0 bridgehead atoms. The molecule has 0 saturated carbocycles. The van der Waals surface area contributed by atoms with Crippen LogP contribution in [0.3, 0.4) is 0 Å². The monoisotopic (exact) mass is 508 g/mol. The second-order valence-electron chi connectivity index (χ2n) is 9.06. The molecular formula is C24H27ClF2N4O2S. The zero-order valence-electron chi connectivity index (χ0n) is 19.5. The van der Waals surface area contributed by atoms with Crippen LogP contribution >= 0.6 is 11.6 Å². The summed E-state index contributed by atoms with van der Waals surface area (Å²) in [6, 6.07) is 6.46. The van der Waals surface area contributed by atoms with Gasteiger partial charge < -0.3 is 5.32 Å². The molecule has 3 heterocycles. The fourth-order valence-electron chi connectivity index (χ4n) is 4.64. The third-order valence-electron chi connectivity index (χ3n) is 6.44. The number of halogens is 3. The number of anilines is 1. The molecule has 1 fully saturated rings. The van der Waals surface area contributed by atoms with Gasteiger partial charge in [-0.1, -0.05) is 29.8 Å². The van der Waals surface area contributed by atoms with E-state index in [0.29, 0.717) is 46.2 Å². The van der Waals surface area contributed by atoms with Gasteiger partial charge in [0.15, 0.2) is 5.65 Å². The molecule has 0 aliphatic carbocycles. The highest BCUT2D eigenvalue weighted by Crippen LogP contribution is 2.37. The largest absolute Gasteiger partial charge is 0.363 e. The fourth-order valence-corrected chi connectivity index (χ4v) is 6.42. The van der Waals surface area contributed by atoms with Crippen LogP contribution in [-0.2, 0) is 15.8 Å². The molecule has 3 aromatic rings. The Hall–Kier alpha value is -2.39. The summed E-state index contributed by atoms with van der Waals surface area (Å²) < 4.78 is 51.8. The van der Waals surface area contributed by atoms with Crippen LogP contribution < -0.4 is 5.32 Å². The number of fused-ring (bicyclic) bond motifs is 1. The quantitative estimate of drug-likeness (QED) is 0.434. The van der Waals surface area contributed by atoms with Crippen LogP contribution in [0.15, 0.2) is 24.3 Å². The van der Waals surface area contributed by atoms with Gasteiger partial charge in [-0.2, -0.15) is 0 Å². The van der Waals surface area contributed by atoms with E-state index in [1.807, 2.05) is 19.1 Å². The van der Waals surface area contributed by atoms with E-state index in [9.17, 15) is 17.2 Å². The molecule has 0 unspecified atom stereocenters. The van der Waals surface area contributed by atoms with Crippen molar-refractivity contribution in [2.45, 2.75) is 58.4 Å². The first-order valence-electron chi connectivity index (χ1n) is 11.2. The number of nitrogens with one attached hydrogen (secondary N) is 1. The van der Waals surface area contributed by atoms with Gasteiger partial charge in [0.25, 0.3) is 5.92 Å². The van der Waals surface area contributed by atoms with Gasteiger partial charge >= 0.3 is 0 Å². The van der Waals surface area contributed by atoms with Gasteiger partial charge in [0.05, 0.1) is 22.9 Å². The number of hydrogen-bond acceptors (Lipinski definition) is 6. The molecule has 4 rings (SSSR count). The van der Waals surface area contributed by atoms with Crippen LogP contribution in [-0.4, -0.2) is 34.9 Å².